The molecule has 0 aliphatic heterocycles. The van der Waals surface area contributed by atoms with E-state index in [1.165, 1.54) is 6.08 Å². The highest BCUT2D eigenvalue weighted by atomic mass is 16.5. The molecule has 5 nitrogen and oxygen atoms in total. The van der Waals surface area contributed by atoms with Gasteiger partial charge in [0.25, 0.3) is 0 Å². The number of nitrogens with one attached hydrogen (secondary N) is 1. The molecule has 0 saturated carbocycles. The molecule has 1 aromatic carbocycles. The third-order valence-corrected chi connectivity index (χ3v) is 3.12. The van der Waals surface area contributed by atoms with Gasteiger partial charge in [-0.3, -0.25) is 9.78 Å². The Hall–Kier alpha value is -2.82. The summed E-state index contributed by atoms with van der Waals surface area (Å²) in [4.78, 5) is 15.9. The highest BCUT2D eigenvalue weighted by Crippen LogP contribution is 2.29. The summed E-state index contributed by atoms with van der Waals surface area (Å²) in [5.74, 6) is 1.56. The van der Waals surface area contributed by atoms with E-state index in [1.54, 1.807) is 37.7 Å². The summed E-state index contributed by atoms with van der Waals surface area (Å²) in [6, 6.07) is 9.11. The number of anilines is 1. The zero-order chi connectivity index (χ0) is 17.4. The average molecular weight is 326 g/mol. The van der Waals surface area contributed by atoms with Gasteiger partial charge in [0, 0.05) is 12.3 Å². The first kappa shape index (κ1) is 17.5. The van der Waals surface area contributed by atoms with Crippen molar-refractivity contribution in [2.45, 2.75) is 13.8 Å². The van der Waals surface area contributed by atoms with Gasteiger partial charge in [-0.25, -0.2) is 0 Å². The van der Waals surface area contributed by atoms with Crippen LogP contribution in [0.1, 0.15) is 19.4 Å². The smallest absolute Gasteiger partial charge is 0.248 e. The molecule has 0 fully saturated rings. The second-order valence-corrected chi connectivity index (χ2v) is 5.68. The molecular formula is C19H22N2O3. The van der Waals surface area contributed by atoms with E-state index in [4.69, 9.17) is 9.47 Å². The normalized spacial score (nSPS) is 10.8. The lowest BCUT2D eigenvalue weighted by Gasteiger charge is -2.12. The van der Waals surface area contributed by atoms with Crippen LogP contribution in [0.2, 0.25) is 0 Å². The van der Waals surface area contributed by atoms with Crippen LogP contribution < -0.4 is 14.8 Å². The first-order valence-corrected chi connectivity index (χ1v) is 7.78. The van der Waals surface area contributed by atoms with Crippen LogP contribution in [0.15, 0.2) is 48.8 Å². The Morgan fingerprint density at radius 2 is 2.12 bits per heavy atom. The Labute approximate surface area is 142 Å². The molecule has 5 heteroatoms. The number of benzene rings is 1. The van der Waals surface area contributed by atoms with E-state index in [-0.39, 0.29) is 5.91 Å². The molecule has 0 unspecified atom stereocenters. The molecular weight excluding hydrogens is 304 g/mol. The predicted molar refractivity (Wildman–Crippen MR) is 95.2 cm³/mol. The zero-order valence-corrected chi connectivity index (χ0v) is 14.2. The molecule has 0 aliphatic rings. The van der Waals surface area contributed by atoms with Crippen molar-refractivity contribution < 1.29 is 14.3 Å². The first-order valence-electron chi connectivity index (χ1n) is 7.78. The summed E-state index contributed by atoms with van der Waals surface area (Å²) >= 11 is 0. The quantitative estimate of drug-likeness (QED) is 0.787. The fourth-order valence-electron chi connectivity index (χ4n) is 1.96. The lowest BCUT2D eigenvalue weighted by molar-refractivity contribution is -0.111. The van der Waals surface area contributed by atoms with Crippen molar-refractivity contribution in [3.05, 3.63) is 54.4 Å². The van der Waals surface area contributed by atoms with Crippen molar-refractivity contribution in [2.75, 3.05) is 19.0 Å². The molecule has 24 heavy (non-hydrogen) atoms. The van der Waals surface area contributed by atoms with Crippen LogP contribution in [0.5, 0.6) is 11.5 Å². The molecule has 1 N–H and O–H groups in total. The third kappa shape index (κ3) is 5.43. The molecule has 126 valence electrons. The van der Waals surface area contributed by atoms with Crippen molar-refractivity contribution in [3.63, 3.8) is 0 Å². The molecule has 1 aromatic heterocycles. The minimum atomic E-state index is -0.220. The minimum Gasteiger partial charge on any atom is -0.493 e. The van der Waals surface area contributed by atoms with E-state index in [2.05, 4.69) is 24.1 Å². The van der Waals surface area contributed by atoms with E-state index >= 15 is 0 Å². The van der Waals surface area contributed by atoms with Gasteiger partial charge in [-0.2, -0.15) is 0 Å². The largest absolute Gasteiger partial charge is 0.493 e. The Morgan fingerprint density at radius 3 is 2.79 bits per heavy atom. The number of pyridine rings is 1. The van der Waals surface area contributed by atoms with Crippen molar-refractivity contribution in [2.24, 2.45) is 5.92 Å². The van der Waals surface area contributed by atoms with Gasteiger partial charge in [0.1, 0.15) is 0 Å². The molecule has 0 saturated heterocycles. The third-order valence-electron chi connectivity index (χ3n) is 3.12. The highest BCUT2D eigenvalue weighted by Gasteiger charge is 2.06. The topological polar surface area (TPSA) is 60.5 Å². The number of ether oxygens (including phenoxy) is 2. The minimum absolute atomic E-state index is 0.220. The average Bonchev–Trinajstić information content (AvgIpc) is 2.59. The summed E-state index contributed by atoms with van der Waals surface area (Å²) in [7, 11) is 1.60. The maximum absolute atomic E-state index is 11.9. The zero-order valence-electron chi connectivity index (χ0n) is 14.2. The molecule has 2 rings (SSSR count). The van der Waals surface area contributed by atoms with Gasteiger partial charge in [-0.05, 0) is 41.8 Å². The number of nitrogens with zero attached hydrogens (tertiary/aromatic N) is 1. The second kappa shape index (κ2) is 8.72. The van der Waals surface area contributed by atoms with Crippen molar-refractivity contribution >= 4 is 17.7 Å². The Morgan fingerprint density at radius 1 is 1.29 bits per heavy atom. The number of amides is 1. The lowest BCUT2D eigenvalue weighted by Crippen LogP contribution is -2.07. The van der Waals surface area contributed by atoms with Crippen LogP contribution >= 0.6 is 0 Å². The van der Waals surface area contributed by atoms with E-state index < -0.39 is 0 Å². The molecule has 0 radical (unpaired) electrons. The first-order chi connectivity index (χ1) is 11.6. The summed E-state index contributed by atoms with van der Waals surface area (Å²) < 4.78 is 11.1. The van der Waals surface area contributed by atoms with Crippen LogP contribution in [0.4, 0.5) is 5.69 Å². The van der Waals surface area contributed by atoms with Crippen LogP contribution in [0.3, 0.4) is 0 Å². The van der Waals surface area contributed by atoms with E-state index in [9.17, 15) is 4.79 Å². The number of carbonyl (C=O) groups excluding carboxylic acids is 1. The number of rotatable bonds is 7. The van der Waals surface area contributed by atoms with Crippen molar-refractivity contribution in [3.8, 4) is 11.5 Å². The fraction of sp³-hybridized carbons (Fsp3) is 0.263. The van der Waals surface area contributed by atoms with Crippen LogP contribution in [-0.4, -0.2) is 24.6 Å². The standard InChI is InChI=1S/C19H22N2O3/c1-14(2)13-24-17-8-6-15(11-18(17)23-3)7-9-19(22)21-16-5-4-10-20-12-16/h4-12,14H,13H2,1-3H3,(H,21,22)/b9-7+. The summed E-state index contributed by atoms with van der Waals surface area (Å²) in [5, 5.41) is 2.74. The Balaban J connectivity index is 2.02. The molecule has 0 aliphatic carbocycles. The van der Waals surface area contributed by atoms with Crippen LogP contribution in [0, 0.1) is 5.92 Å². The van der Waals surface area contributed by atoms with Gasteiger partial charge >= 0.3 is 0 Å². The number of hydrogen-bond donors (Lipinski definition) is 1. The monoisotopic (exact) mass is 326 g/mol. The van der Waals surface area contributed by atoms with Crippen LogP contribution in [0.25, 0.3) is 6.08 Å². The van der Waals surface area contributed by atoms with Gasteiger partial charge in [-0.1, -0.05) is 19.9 Å². The number of aromatic nitrogens is 1. The van der Waals surface area contributed by atoms with Gasteiger partial charge in [0.15, 0.2) is 11.5 Å². The second-order valence-electron chi connectivity index (χ2n) is 5.68. The Bertz CT molecular complexity index is 697. The van der Waals surface area contributed by atoms with Gasteiger partial charge in [0.05, 0.1) is 25.6 Å². The van der Waals surface area contributed by atoms with E-state index in [1.807, 2.05) is 18.2 Å². The number of carbonyl (C=O) groups is 1. The summed E-state index contributed by atoms with van der Waals surface area (Å²) in [6.07, 6.45) is 6.44. The molecule has 0 spiro atoms. The van der Waals surface area contributed by atoms with Crippen molar-refractivity contribution in [1.82, 2.24) is 4.98 Å². The van der Waals surface area contributed by atoms with Gasteiger partial charge in [-0.15, -0.1) is 0 Å². The maximum Gasteiger partial charge on any atom is 0.248 e. The highest BCUT2D eigenvalue weighted by molar-refractivity contribution is 6.01. The van der Waals surface area contributed by atoms with Gasteiger partial charge in [0.2, 0.25) is 5.91 Å². The molecule has 1 amide bonds. The van der Waals surface area contributed by atoms with Crippen molar-refractivity contribution in [1.29, 1.82) is 0 Å². The predicted octanol–water partition coefficient (Wildman–Crippen LogP) is 3.78. The van der Waals surface area contributed by atoms with Gasteiger partial charge < -0.3 is 14.8 Å². The summed E-state index contributed by atoms with van der Waals surface area (Å²) in [6.45, 7) is 4.80. The molecule has 2 aromatic rings. The maximum atomic E-state index is 11.9. The van der Waals surface area contributed by atoms with Crippen LogP contribution in [-0.2, 0) is 4.79 Å². The summed E-state index contributed by atoms with van der Waals surface area (Å²) in [5.41, 5.74) is 1.51. The van der Waals surface area contributed by atoms with E-state index in [0.29, 0.717) is 29.7 Å². The fourth-order valence-corrected chi connectivity index (χ4v) is 1.96. The molecule has 1 heterocycles. The van der Waals surface area contributed by atoms with E-state index in [0.717, 1.165) is 5.56 Å². The number of methoxy groups -OCH3 is 1. The SMILES string of the molecule is COc1cc(/C=C/C(=O)Nc2cccnc2)ccc1OCC(C)C. The molecule has 0 atom stereocenters. The lowest BCUT2D eigenvalue weighted by atomic mass is 10.2. The number of hydrogen-bond acceptors (Lipinski definition) is 4. The Kier molecular flexibility index (Phi) is 6.37. The molecule has 0 bridgehead atoms.